The van der Waals surface area contributed by atoms with E-state index < -0.39 is 23.6 Å². The first-order chi connectivity index (χ1) is 7.84. The van der Waals surface area contributed by atoms with Gasteiger partial charge in [0.25, 0.3) is 0 Å². The highest BCUT2D eigenvalue weighted by Gasteiger charge is 2.33. The van der Waals surface area contributed by atoms with Crippen LogP contribution >= 0.6 is 0 Å². The molecule has 6 nitrogen and oxygen atoms in total. The summed E-state index contributed by atoms with van der Waals surface area (Å²) >= 11 is 0. The van der Waals surface area contributed by atoms with E-state index in [4.69, 9.17) is 5.11 Å². The standard InChI is InChI=1S/C11H20N2O4/c1-8(9(14)15)12-10(16)13(2)7-11(17)5-3-4-6-11/h8,17H,3-7H2,1-2H3,(H,12,16)(H,14,15). The molecular formula is C11H20N2O4. The first-order valence-electron chi connectivity index (χ1n) is 5.81. The maximum Gasteiger partial charge on any atom is 0.325 e. The number of urea groups is 1. The minimum atomic E-state index is -1.08. The van der Waals surface area contributed by atoms with Crippen LogP contribution in [0.4, 0.5) is 4.79 Å². The first kappa shape index (κ1) is 13.8. The molecule has 0 aromatic heterocycles. The van der Waals surface area contributed by atoms with Gasteiger partial charge in [0.1, 0.15) is 6.04 Å². The first-order valence-corrected chi connectivity index (χ1v) is 5.81. The molecule has 0 heterocycles. The topological polar surface area (TPSA) is 89.9 Å². The van der Waals surface area contributed by atoms with Gasteiger partial charge in [0.15, 0.2) is 0 Å². The van der Waals surface area contributed by atoms with Gasteiger partial charge in [-0.1, -0.05) is 12.8 Å². The third kappa shape index (κ3) is 3.89. The van der Waals surface area contributed by atoms with Crippen LogP contribution in [0.3, 0.4) is 0 Å². The summed E-state index contributed by atoms with van der Waals surface area (Å²) in [5.41, 5.74) is -0.807. The molecule has 6 heteroatoms. The van der Waals surface area contributed by atoms with E-state index in [9.17, 15) is 14.7 Å². The van der Waals surface area contributed by atoms with Crippen molar-refractivity contribution in [1.82, 2.24) is 10.2 Å². The van der Waals surface area contributed by atoms with E-state index in [1.165, 1.54) is 11.8 Å². The van der Waals surface area contributed by atoms with Gasteiger partial charge in [-0.2, -0.15) is 0 Å². The SMILES string of the molecule is CC(NC(=O)N(C)CC1(O)CCCC1)C(=O)O. The van der Waals surface area contributed by atoms with E-state index in [2.05, 4.69) is 5.32 Å². The number of carbonyl (C=O) groups excluding carboxylic acids is 1. The molecule has 1 rings (SSSR count). The summed E-state index contributed by atoms with van der Waals surface area (Å²) in [5, 5.41) is 21.1. The smallest absolute Gasteiger partial charge is 0.325 e. The molecule has 0 aromatic carbocycles. The van der Waals surface area contributed by atoms with Crippen molar-refractivity contribution in [2.75, 3.05) is 13.6 Å². The van der Waals surface area contributed by atoms with Crippen LogP contribution in [0, 0.1) is 0 Å². The lowest BCUT2D eigenvalue weighted by molar-refractivity contribution is -0.138. The van der Waals surface area contributed by atoms with E-state index in [1.807, 2.05) is 0 Å². The number of rotatable bonds is 4. The molecule has 1 fully saturated rings. The van der Waals surface area contributed by atoms with Gasteiger partial charge in [-0.3, -0.25) is 4.79 Å². The lowest BCUT2D eigenvalue weighted by atomic mass is 10.0. The van der Waals surface area contributed by atoms with Gasteiger partial charge in [0.05, 0.1) is 12.1 Å². The fourth-order valence-electron chi connectivity index (χ4n) is 2.06. The molecule has 1 atom stereocenters. The highest BCUT2D eigenvalue weighted by Crippen LogP contribution is 2.29. The number of aliphatic hydroxyl groups is 1. The summed E-state index contributed by atoms with van der Waals surface area (Å²) in [6.45, 7) is 1.64. The van der Waals surface area contributed by atoms with Crippen molar-refractivity contribution in [2.45, 2.75) is 44.2 Å². The third-order valence-corrected chi connectivity index (χ3v) is 3.12. The van der Waals surface area contributed by atoms with Crippen LogP contribution in [-0.2, 0) is 4.79 Å². The van der Waals surface area contributed by atoms with Crippen LogP contribution in [-0.4, -0.2) is 52.3 Å². The Balaban J connectivity index is 2.44. The number of hydrogen-bond donors (Lipinski definition) is 3. The molecule has 1 saturated carbocycles. The number of aliphatic carboxylic acids is 1. The number of carbonyl (C=O) groups is 2. The monoisotopic (exact) mass is 244 g/mol. The number of amides is 2. The molecule has 0 bridgehead atoms. The molecule has 0 aromatic rings. The molecular weight excluding hydrogens is 224 g/mol. The van der Waals surface area contributed by atoms with Crippen LogP contribution in [0.25, 0.3) is 0 Å². The van der Waals surface area contributed by atoms with Gasteiger partial charge < -0.3 is 20.4 Å². The van der Waals surface area contributed by atoms with Gasteiger partial charge in [0.2, 0.25) is 0 Å². The zero-order valence-corrected chi connectivity index (χ0v) is 10.3. The van der Waals surface area contributed by atoms with E-state index in [1.54, 1.807) is 7.05 Å². The molecule has 1 unspecified atom stereocenters. The minimum absolute atomic E-state index is 0.241. The fraction of sp³-hybridized carbons (Fsp3) is 0.818. The molecule has 1 aliphatic carbocycles. The Morgan fingerprint density at radius 3 is 2.41 bits per heavy atom. The van der Waals surface area contributed by atoms with Crippen LogP contribution in [0.1, 0.15) is 32.6 Å². The summed E-state index contributed by atoms with van der Waals surface area (Å²) in [6.07, 6.45) is 3.33. The maximum absolute atomic E-state index is 11.6. The molecule has 17 heavy (non-hydrogen) atoms. The zero-order chi connectivity index (χ0) is 13.1. The quantitative estimate of drug-likeness (QED) is 0.668. The predicted molar refractivity (Wildman–Crippen MR) is 61.7 cm³/mol. The Morgan fingerprint density at radius 2 is 1.94 bits per heavy atom. The lowest BCUT2D eigenvalue weighted by Crippen LogP contribution is -2.49. The summed E-state index contributed by atoms with van der Waals surface area (Å²) in [5.74, 6) is -1.08. The van der Waals surface area contributed by atoms with Crippen molar-refractivity contribution < 1.29 is 19.8 Å². The van der Waals surface area contributed by atoms with E-state index in [-0.39, 0.29) is 6.54 Å². The second-order valence-corrected chi connectivity index (χ2v) is 4.80. The number of carboxylic acids is 1. The van der Waals surface area contributed by atoms with Gasteiger partial charge in [0, 0.05) is 7.05 Å². The number of hydrogen-bond acceptors (Lipinski definition) is 3. The number of carboxylic acid groups (broad SMARTS) is 1. The highest BCUT2D eigenvalue weighted by molar-refractivity contribution is 5.82. The second kappa shape index (κ2) is 5.35. The highest BCUT2D eigenvalue weighted by atomic mass is 16.4. The van der Waals surface area contributed by atoms with Gasteiger partial charge >= 0.3 is 12.0 Å². The average molecular weight is 244 g/mol. The van der Waals surface area contributed by atoms with Crippen molar-refractivity contribution in [3.8, 4) is 0 Å². The molecule has 0 spiro atoms. The van der Waals surface area contributed by atoms with Crippen LogP contribution < -0.4 is 5.32 Å². The fourth-order valence-corrected chi connectivity index (χ4v) is 2.06. The predicted octanol–water partition coefficient (Wildman–Crippen LogP) is 0.406. The largest absolute Gasteiger partial charge is 0.480 e. The summed E-state index contributed by atoms with van der Waals surface area (Å²) in [7, 11) is 1.56. The van der Waals surface area contributed by atoms with Crippen molar-refractivity contribution in [2.24, 2.45) is 0 Å². The van der Waals surface area contributed by atoms with Gasteiger partial charge in [-0.15, -0.1) is 0 Å². The number of likely N-dealkylation sites (N-methyl/N-ethyl adjacent to an activating group) is 1. The number of nitrogens with one attached hydrogen (secondary N) is 1. The summed E-state index contributed by atoms with van der Waals surface area (Å²) in [4.78, 5) is 23.5. The number of nitrogens with zero attached hydrogens (tertiary/aromatic N) is 1. The van der Waals surface area contributed by atoms with E-state index >= 15 is 0 Å². The van der Waals surface area contributed by atoms with E-state index in [0.717, 1.165) is 12.8 Å². The van der Waals surface area contributed by atoms with Gasteiger partial charge in [-0.05, 0) is 19.8 Å². The van der Waals surface area contributed by atoms with Crippen molar-refractivity contribution in [3.63, 3.8) is 0 Å². The maximum atomic E-state index is 11.6. The van der Waals surface area contributed by atoms with Crippen molar-refractivity contribution in [1.29, 1.82) is 0 Å². The summed E-state index contributed by atoms with van der Waals surface area (Å²) < 4.78 is 0. The summed E-state index contributed by atoms with van der Waals surface area (Å²) in [6, 6.07) is -1.40. The normalized spacial score (nSPS) is 19.7. The molecule has 98 valence electrons. The van der Waals surface area contributed by atoms with Crippen molar-refractivity contribution in [3.05, 3.63) is 0 Å². The molecule has 0 radical (unpaired) electrons. The third-order valence-electron chi connectivity index (χ3n) is 3.12. The molecule has 1 aliphatic rings. The molecule has 2 amide bonds. The van der Waals surface area contributed by atoms with E-state index in [0.29, 0.717) is 12.8 Å². The van der Waals surface area contributed by atoms with Crippen LogP contribution in [0.15, 0.2) is 0 Å². The Bertz CT molecular complexity index is 300. The minimum Gasteiger partial charge on any atom is -0.480 e. The second-order valence-electron chi connectivity index (χ2n) is 4.80. The zero-order valence-electron chi connectivity index (χ0n) is 10.3. The van der Waals surface area contributed by atoms with Crippen LogP contribution in [0.5, 0.6) is 0 Å². The Labute approximate surface area is 101 Å². The lowest BCUT2D eigenvalue weighted by Gasteiger charge is -2.29. The Morgan fingerprint density at radius 1 is 1.41 bits per heavy atom. The van der Waals surface area contributed by atoms with Crippen molar-refractivity contribution >= 4 is 12.0 Å². The molecule has 0 aliphatic heterocycles. The van der Waals surface area contributed by atoms with Gasteiger partial charge in [-0.25, -0.2) is 4.79 Å². The molecule has 3 N–H and O–H groups in total. The Hall–Kier alpha value is -1.30. The molecule has 0 saturated heterocycles. The Kier molecular flexibility index (Phi) is 4.34. The average Bonchev–Trinajstić information content (AvgIpc) is 2.64. The van der Waals surface area contributed by atoms with Crippen LogP contribution in [0.2, 0.25) is 0 Å².